The number of rotatable bonds is 0. The second-order valence-electron chi connectivity index (χ2n) is 21.5. The van der Waals surface area contributed by atoms with Crippen LogP contribution in [-0.4, -0.2) is 0 Å². The third-order valence-electron chi connectivity index (χ3n) is 16.0. The minimum atomic E-state index is 1.12. The van der Waals surface area contributed by atoms with Crippen LogP contribution in [0.2, 0.25) is 0 Å². The van der Waals surface area contributed by atoms with E-state index in [1.165, 1.54) is 166 Å². The minimum Gasteiger partial charge on any atom is -0.0839 e. The lowest BCUT2D eigenvalue weighted by molar-refractivity contribution is 0.685. The van der Waals surface area contributed by atoms with Crippen molar-refractivity contribution >= 4 is 29.0 Å². The predicted molar refractivity (Wildman–Crippen MR) is 338 cm³/mol. The molecule has 16 rings (SSSR count). The average molecular weight is 1020 g/mol. The summed E-state index contributed by atoms with van der Waals surface area (Å²) in [5, 5.41) is 2.62. The standard InChI is InChI=1S/C11H14.C11H12.C10H12.C10H10.C10H8.C9H10.C9H8.C8H8/c2*1-2-6-10-8-4-5-9-11(10)7-3-1;3*1-2-6-10-8-4-3-7-9(10)5-1;2*1-2-5-9-7-3-6-8(9)4-1;1-2-4-8-6-5-7(8)3-1/h4-5,8-9H,1-3,6-7H2;2,4-6,8-9H,1,3,7H2;1-2,5-6H,3-4,7-8H2;1-3,5-7H,4,8H2;1-8H;1-2,4-5H,3,6-7H2;1-6H,7H2;1-4H,5-6H2. The molecule has 78 heavy (non-hydrogen) atoms. The van der Waals surface area contributed by atoms with Crippen molar-refractivity contribution in [3.8, 4) is 0 Å². The fourth-order valence-electron chi connectivity index (χ4n) is 11.4. The number of benzene rings is 9. The van der Waals surface area contributed by atoms with Crippen molar-refractivity contribution in [3.63, 3.8) is 0 Å². The first-order valence-corrected chi connectivity index (χ1v) is 29.7. The van der Waals surface area contributed by atoms with E-state index in [-0.39, 0.29) is 0 Å². The Bertz CT molecular complexity index is 3150. The van der Waals surface area contributed by atoms with Crippen LogP contribution >= 0.6 is 0 Å². The molecule has 7 aliphatic rings. The van der Waals surface area contributed by atoms with E-state index in [0.29, 0.717) is 0 Å². The Morgan fingerprint density at radius 3 is 0.846 bits per heavy atom. The number of hydrogen-bond donors (Lipinski definition) is 0. The maximum Gasteiger partial charge on any atom is -0.00882 e. The van der Waals surface area contributed by atoms with Crippen LogP contribution in [0.1, 0.15) is 136 Å². The van der Waals surface area contributed by atoms with Crippen LogP contribution in [-0.2, 0) is 70.6 Å². The molecule has 0 nitrogen and oxygen atoms in total. The molecule has 394 valence electrons. The van der Waals surface area contributed by atoms with Crippen LogP contribution in [0.3, 0.4) is 0 Å². The molecule has 7 aliphatic carbocycles. The number of fused-ring (bicyclic) bond motifs is 8. The average Bonchev–Trinajstić information content (AvgIpc) is 4.06. The first-order chi connectivity index (χ1) is 38.7. The molecule has 0 aromatic heterocycles. The van der Waals surface area contributed by atoms with E-state index in [0.717, 1.165) is 6.42 Å². The zero-order valence-electron chi connectivity index (χ0n) is 46.4. The van der Waals surface area contributed by atoms with Gasteiger partial charge in [0, 0.05) is 0 Å². The number of aryl methyl sites for hydroxylation is 10. The molecule has 0 amide bonds. The van der Waals surface area contributed by atoms with Crippen molar-refractivity contribution in [2.75, 3.05) is 0 Å². The van der Waals surface area contributed by atoms with Crippen LogP contribution in [0, 0.1) is 0 Å². The van der Waals surface area contributed by atoms with Gasteiger partial charge >= 0.3 is 0 Å². The molecule has 0 spiro atoms. The van der Waals surface area contributed by atoms with Gasteiger partial charge in [0.05, 0.1) is 0 Å². The Hall–Kier alpha value is -7.54. The molecular weight excluding hydrogens is 937 g/mol. The van der Waals surface area contributed by atoms with Crippen LogP contribution in [0.4, 0.5) is 0 Å². The molecule has 0 saturated carbocycles. The third kappa shape index (κ3) is 17.2. The summed E-state index contributed by atoms with van der Waals surface area (Å²) >= 11 is 0. The van der Waals surface area contributed by atoms with E-state index in [1.807, 2.05) is 0 Å². The summed E-state index contributed by atoms with van der Waals surface area (Å²) in [5.74, 6) is 0. The molecule has 0 heteroatoms. The highest BCUT2D eigenvalue weighted by molar-refractivity contribution is 5.82. The molecule has 0 N–H and O–H groups in total. The summed E-state index contributed by atoms with van der Waals surface area (Å²) in [7, 11) is 0. The molecule has 0 fully saturated rings. The number of hydrogen-bond acceptors (Lipinski definition) is 0. The topological polar surface area (TPSA) is 0 Å². The van der Waals surface area contributed by atoms with Gasteiger partial charge in [-0.1, -0.05) is 261 Å². The first-order valence-electron chi connectivity index (χ1n) is 29.7. The van der Waals surface area contributed by atoms with Crippen LogP contribution in [0.15, 0.2) is 237 Å². The van der Waals surface area contributed by atoms with Crippen molar-refractivity contribution < 1.29 is 0 Å². The van der Waals surface area contributed by atoms with Crippen molar-refractivity contribution in [1.29, 1.82) is 0 Å². The Labute approximate surface area is 469 Å². The number of allylic oxidation sites excluding steroid dienone is 3. The third-order valence-corrected chi connectivity index (χ3v) is 16.0. The highest BCUT2D eigenvalue weighted by atomic mass is 14.2. The Morgan fingerprint density at radius 2 is 0.462 bits per heavy atom. The summed E-state index contributed by atoms with van der Waals surface area (Å²) < 4.78 is 0. The zero-order valence-corrected chi connectivity index (χ0v) is 46.4. The highest BCUT2D eigenvalue weighted by Crippen LogP contribution is 2.24. The molecular formula is C78H82. The molecule has 0 heterocycles. The molecule has 0 saturated heterocycles. The van der Waals surface area contributed by atoms with Crippen LogP contribution in [0.5, 0.6) is 0 Å². The Kier molecular flexibility index (Phi) is 22.0. The lowest BCUT2D eigenvalue weighted by atomic mass is 9.89. The molecule has 0 radical (unpaired) electrons. The van der Waals surface area contributed by atoms with Gasteiger partial charge in [0.15, 0.2) is 0 Å². The normalized spacial score (nSPS) is 14.8. The SMILES string of the molecule is C1=Cc2ccccc2C1.C1=Cc2ccccc2CC1.C1=Cc2ccccc2CCC1.c1ccc2c(c1)CC2.c1ccc2c(c1)CCC2.c1ccc2c(c1)CCCC2.c1ccc2c(c1)CCCCC2.c1ccc2ccccc2c1. The predicted octanol–water partition coefficient (Wildman–Crippen LogP) is 20.3. The minimum absolute atomic E-state index is 1.12. The van der Waals surface area contributed by atoms with E-state index in [1.54, 1.807) is 44.5 Å². The van der Waals surface area contributed by atoms with Gasteiger partial charge in [0.1, 0.15) is 0 Å². The fraction of sp³-hybridized carbons (Fsp3) is 0.256. The fourth-order valence-corrected chi connectivity index (χ4v) is 11.4. The van der Waals surface area contributed by atoms with Gasteiger partial charge in [0.2, 0.25) is 0 Å². The van der Waals surface area contributed by atoms with E-state index >= 15 is 0 Å². The summed E-state index contributed by atoms with van der Waals surface area (Å²) in [4.78, 5) is 0. The van der Waals surface area contributed by atoms with Crippen molar-refractivity contribution in [1.82, 2.24) is 0 Å². The summed E-state index contributed by atoms with van der Waals surface area (Å²) in [6.07, 6.45) is 39.4. The Morgan fingerprint density at radius 1 is 0.179 bits per heavy atom. The van der Waals surface area contributed by atoms with Crippen LogP contribution in [0.25, 0.3) is 29.0 Å². The van der Waals surface area contributed by atoms with E-state index < -0.39 is 0 Å². The van der Waals surface area contributed by atoms with Gasteiger partial charge in [0.25, 0.3) is 0 Å². The van der Waals surface area contributed by atoms with Gasteiger partial charge in [-0.15, -0.1) is 0 Å². The summed E-state index contributed by atoms with van der Waals surface area (Å²) in [6.45, 7) is 0. The lowest BCUT2D eigenvalue weighted by Crippen LogP contribution is -2.06. The molecule has 9 aromatic carbocycles. The smallest absolute Gasteiger partial charge is 0.00882 e. The molecule has 9 aromatic rings. The highest BCUT2D eigenvalue weighted by Gasteiger charge is 2.11. The second-order valence-corrected chi connectivity index (χ2v) is 21.5. The van der Waals surface area contributed by atoms with E-state index in [2.05, 4.69) is 255 Å². The van der Waals surface area contributed by atoms with Gasteiger partial charge in [-0.25, -0.2) is 0 Å². The molecule has 0 unspecified atom stereocenters. The van der Waals surface area contributed by atoms with E-state index in [4.69, 9.17) is 0 Å². The lowest BCUT2D eigenvalue weighted by Gasteiger charge is -2.16. The summed E-state index contributed by atoms with van der Waals surface area (Å²) in [6, 6.07) is 77.5. The summed E-state index contributed by atoms with van der Waals surface area (Å²) in [5.41, 5.74) is 21.2. The van der Waals surface area contributed by atoms with Gasteiger partial charge in [-0.3, -0.25) is 0 Å². The molecule has 0 atom stereocenters. The molecule has 0 bridgehead atoms. The second kappa shape index (κ2) is 31.0. The largest absolute Gasteiger partial charge is 0.0839 e. The van der Waals surface area contributed by atoms with Gasteiger partial charge in [-0.2, -0.15) is 0 Å². The Balaban J connectivity index is 0.000000109. The molecule has 0 aliphatic heterocycles. The van der Waals surface area contributed by atoms with Crippen LogP contribution < -0.4 is 0 Å². The maximum absolute atomic E-state index is 2.28. The van der Waals surface area contributed by atoms with E-state index in [9.17, 15) is 0 Å². The zero-order chi connectivity index (χ0) is 53.1. The van der Waals surface area contributed by atoms with Gasteiger partial charge in [-0.05, 0) is 211 Å². The maximum atomic E-state index is 2.28. The first kappa shape index (κ1) is 55.2. The van der Waals surface area contributed by atoms with Crippen molar-refractivity contribution in [2.45, 2.75) is 128 Å². The van der Waals surface area contributed by atoms with Gasteiger partial charge < -0.3 is 0 Å². The monoisotopic (exact) mass is 1020 g/mol. The van der Waals surface area contributed by atoms with Crippen molar-refractivity contribution in [3.05, 3.63) is 315 Å². The van der Waals surface area contributed by atoms with Crippen molar-refractivity contribution in [2.24, 2.45) is 0 Å². The quantitative estimate of drug-likeness (QED) is 0.133.